The molecule has 0 saturated heterocycles. The average Bonchev–Trinajstić information content (AvgIpc) is 2.64. The molecule has 10 heteroatoms. The highest BCUT2D eigenvalue weighted by atomic mass is 32.2. The minimum Gasteiger partial charge on any atom is -0.459 e. The number of benzene rings is 1. The van der Waals surface area contributed by atoms with Gasteiger partial charge in [-0.05, 0) is 32.9 Å². The minimum atomic E-state index is -5.59. The summed E-state index contributed by atoms with van der Waals surface area (Å²) in [6.07, 6.45) is -3.27. The van der Waals surface area contributed by atoms with E-state index in [1.54, 1.807) is 26.8 Å². The number of ether oxygens (including phenoxy) is 1. The van der Waals surface area contributed by atoms with Crippen molar-refractivity contribution in [3.8, 4) is 0 Å². The molecule has 0 heterocycles. The van der Waals surface area contributed by atoms with Crippen LogP contribution in [0, 0.1) is 0 Å². The Morgan fingerprint density at radius 3 is 2.08 bits per heavy atom. The van der Waals surface area contributed by atoms with Crippen molar-refractivity contribution in [1.29, 1.82) is 0 Å². The first-order valence-corrected chi connectivity index (χ1v) is 9.52. The molecule has 0 aromatic heterocycles. The van der Waals surface area contributed by atoms with Gasteiger partial charge in [-0.15, -0.1) is 0 Å². The molecule has 1 aromatic rings. The zero-order chi connectivity index (χ0) is 20.0. The van der Waals surface area contributed by atoms with Crippen LogP contribution in [0.1, 0.15) is 31.1 Å². The van der Waals surface area contributed by atoms with Crippen molar-refractivity contribution in [1.82, 2.24) is 0 Å². The van der Waals surface area contributed by atoms with Crippen LogP contribution in [0.25, 0.3) is 0 Å². The number of hydrogen-bond donors (Lipinski definition) is 0. The molecule has 0 amide bonds. The molecule has 1 rings (SSSR count). The van der Waals surface area contributed by atoms with Gasteiger partial charge in [0, 0.05) is 0 Å². The van der Waals surface area contributed by atoms with Crippen LogP contribution in [-0.2, 0) is 19.1 Å². The van der Waals surface area contributed by atoms with Crippen LogP contribution in [0.3, 0.4) is 0 Å². The second-order valence-electron chi connectivity index (χ2n) is 5.53. The maximum Gasteiger partial charge on any atom is 0.408 e. The summed E-state index contributed by atoms with van der Waals surface area (Å²) in [5, 5.41) is -4.87. The monoisotopic (exact) mass is 398 g/mol. The third kappa shape index (κ3) is 4.95. The van der Waals surface area contributed by atoms with Crippen LogP contribution in [0.15, 0.2) is 30.3 Å². The van der Waals surface area contributed by atoms with Gasteiger partial charge in [0.2, 0.25) is 6.17 Å². The van der Waals surface area contributed by atoms with Crippen LogP contribution in [0.5, 0.6) is 0 Å². The number of hydrogen-bond acceptors (Lipinski definition) is 5. The van der Waals surface area contributed by atoms with Gasteiger partial charge in [0.25, 0.3) is 0 Å². The van der Waals surface area contributed by atoms with Crippen molar-refractivity contribution in [2.75, 3.05) is 26.2 Å². The standard InChI is InChI=1S/C16H23F3NO5S/c1-4-20(5-2,6-3)25-26(22,23)16(18,19)14(17)12-24-15(21)13-10-8-7-9-11-13/h7-11,14H,4-6,12H2,1-3H3/q+1. The van der Waals surface area contributed by atoms with Gasteiger partial charge in [-0.2, -0.15) is 21.8 Å². The van der Waals surface area contributed by atoms with Crippen LogP contribution < -0.4 is 0 Å². The molecule has 26 heavy (non-hydrogen) atoms. The molecule has 6 nitrogen and oxygen atoms in total. The lowest BCUT2D eigenvalue weighted by molar-refractivity contribution is -1.08. The summed E-state index contributed by atoms with van der Waals surface area (Å²) >= 11 is 0. The molecular formula is C16H23F3NO5S+. The number of rotatable bonds is 10. The van der Waals surface area contributed by atoms with Crippen molar-refractivity contribution in [2.45, 2.75) is 32.2 Å². The molecule has 0 N–H and O–H groups in total. The molecule has 0 aliphatic rings. The van der Waals surface area contributed by atoms with Gasteiger partial charge in [-0.25, -0.2) is 9.18 Å². The topological polar surface area (TPSA) is 69.7 Å². The Bertz CT molecular complexity index is 685. The summed E-state index contributed by atoms with van der Waals surface area (Å²) in [5.41, 5.74) is 0.0285. The van der Waals surface area contributed by atoms with Gasteiger partial charge in [0.05, 0.1) is 5.56 Å². The Morgan fingerprint density at radius 2 is 1.62 bits per heavy atom. The first kappa shape index (κ1) is 22.4. The van der Waals surface area contributed by atoms with Gasteiger partial charge < -0.3 is 4.74 Å². The highest BCUT2D eigenvalue weighted by molar-refractivity contribution is 7.87. The normalized spacial score (nSPS) is 14.1. The third-order valence-electron chi connectivity index (χ3n) is 4.05. The number of carbonyl (C=O) groups is 1. The summed E-state index contributed by atoms with van der Waals surface area (Å²) in [4.78, 5) is 11.7. The van der Waals surface area contributed by atoms with E-state index < -0.39 is 38.8 Å². The van der Waals surface area contributed by atoms with Gasteiger partial charge in [0.15, 0.2) is 0 Å². The number of quaternary nitrogens is 1. The Hall–Kier alpha value is -1.65. The molecule has 1 aromatic carbocycles. The first-order chi connectivity index (χ1) is 12.0. The summed E-state index contributed by atoms with van der Waals surface area (Å²) in [7, 11) is -5.59. The Morgan fingerprint density at radius 1 is 1.12 bits per heavy atom. The predicted molar refractivity (Wildman–Crippen MR) is 88.5 cm³/mol. The van der Waals surface area contributed by atoms with E-state index in [0.29, 0.717) is 0 Å². The number of carbonyl (C=O) groups excluding carboxylic acids is 1. The fraction of sp³-hybridized carbons (Fsp3) is 0.562. The van der Waals surface area contributed by atoms with Crippen LogP contribution in [0.2, 0.25) is 0 Å². The average molecular weight is 398 g/mol. The van der Waals surface area contributed by atoms with Crippen molar-refractivity contribution in [3.05, 3.63) is 35.9 Å². The van der Waals surface area contributed by atoms with Crippen LogP contribution >= 0.6 is 0 Å². The zero-order valence-corrected chi connectivity index (χ0v) is 15.6. The second-order valence-corrected chi connectivity index (χ2v) is 7.13. The Kier molecular flexibility index (Phi) is 7.60. The van der Waals surface area contributed by atoms with Crippen molar-refractivity contribution < 1.29 is 40.1 Å². The fourth-order valence-electron chi connectivity index (χ4n) is 2.15. The molecule has 0 saturated carbocycles. The predicted octanol–water partition coefficient (Wildman–Crippen LogP) is 2.91. The molecule has 0 radical (unpaired) electrons. The first-order valence-electron chi connectivity index (χ1n) is 8.11. The largest absolute Gasteiger partial charge is 0.459 e. The van der Waals surface area contributed by atoms with Gasteiger partial charge >= 0.3 is 21.3 Å². The number of esters is 1. The number of nitrogens with zero attached hydrogens (tertiary/aromatic N) is 1. The highest BCUT2D eigenvalue weighted by Crippen LogP contribution is 2.32. The molecule has 1 atom stereocenters. The van der Waals surface area contributed by atoms with E-state index in [1.807, 2.05) is 0 Å². The number of alkyl halides is 3. The third-order valence-corrected chi connectivity index (χ3v) is 5.49. The lowest BCUT2D eigenvalue weighted by atomic mass is 10.2. The Balaban J connectivity index is 2.85. The summed E-state index contributed by atoms with van der Waals surface area (Å²) in [6.45, 7) is 3.57. The minimum absolute atomic E-state index is 0.0285. The molecule has 0 bridgehead atoms. The highest BCUT2D eigenvalue weighted by Gasteiger charge is 2.58. The van der Waals surface area contributed by atoms with Gasteiger partial charge in [-0.3, -0.25) is 0 Å². The van der Waals surface area contributed by atoms with E-state index in [0.717, 1.165) is 0 Å². The smallest absolute Gasteiger partial charge is 0.408 e. The molecule has 0 spiro atoms. The summed E-state index contributed by atoms with van der Waals surface area (Å²) in [6, 6.07) is 7.33. The maximum absolute atomic E-state index is 14.1. The van der Waals surface area contributed by atoms with E-state index in [1.165, 1.54) is 24.3 Å². The second kappa shape index (κ2) is 8.83. The van der Waals surface area contributed by atoms with Crippen molar-refractivity contribution in [3.63, 3.8) is 0 Å². The van der Waals surface area contributed by atoms with Gasteiger partial charge in [0.1, 0.15) is 26.2 Å². The van der Waals surface area contributed by atoms with Crippen LogP contribution in [-0.4, -0.2) is 56.7 Å². The van der Waals surface area contributed by atoms with E-state index in [4.69, 9.17) is 0 Å². The molecule has 1 unspecified atom stereocenters. The molecule has 148 valence electrons. The zero-order valence-electron chi connectivity index (χ0n) is 14.8. The molecular weight excluding hydrogens is 375 g/mol. The van der Waals surface area contributed by atoms with Crippen molar-refractivity contribution in [2.24, 2.45) is 0 Å². The van der Waals surface area contributed by atoms with Gasteiger partial charge in [-0.1, -0.05) is 22.5 Å². The molecule has 0 aliphatic heterocycles. The number of halogens is 3. The van der Waals surface area contributed by atoms with E-state index >= 15 is 0 Å². The Labute approximate surface area is 151 Å². The van der Waals surface area contributed by atoms with E-state index in [9.17, 15) is 26.4 Å². The lowest BCUT2D eigenvalue weighted by Crippen LogP contribution is -2.53. The van der Waals surface area contributed by atoms with Crippen LogP contribution in [0.4, 0.5) is 13.2 Å². The summed E-state index contributed by atoms with van der Waals surface area (Å²) < 4.78 is 74.5. The SMILES string of the molecule is CC[N+](CC)(CC)OS(=O)(=O)C(F)(F)C(F)COC(=O)c1ccccc1. The fourth-order valence-corrected chi connectivity index (χ4v) is 3.36. The quantitative estimate of drug-likeness (QED) is 0.344. The molecule has 0 aliphatic carbocycles. The maximum atomic E-state index is 14.1. The lowest BCUT2D eigenvalue weighted by Gasteiger charge is -2.32. The number of hydroxylamine groups is 3. The molecule has 0 fully saturated rings. The summed E-state index contributed by atoms with van der Waals surface area (Å²) in [5.74, 6) is -1.04. The van der Waals surface area contributed by atoms with E-state index in [-0.39, 0.29) is 25.2 Å². The van der Waals surface area contributed by atoms with Crippen molar-refractivity contribution >= 4 is 16.1 Å². The van der Waals surface area contributed by atoms with E-state index in [2.05, 4.69) is 9.02 Å².